The number of carbonyl (C=O) groups is 1. The van der Waals surface area contributed by atoms with E-state index in [1.54, 1.807) is 0 Å². The number of carbonyl (C=O) groups excluding carboxylic acids is 1. The molecule has 0 aromatic heterocycles. The van der Waals surface area contributed by atoms with Crippen LogP contribution in [0.2, 0.25) is 0 Å². The highest BCUT2D eigenvalue weighted by Crippen LogP contribution is 2.42. The molecule has 3 nitrogen and oxygen atoms in total. The average Bonchev–Trinajstić information content (AvgIpc) is 2.53. The number of Topliss-reactive ketones (excluding diaryl/α,β-unsaturated/α-hetero) is 1. The Balaban J connectivity index is 2.65. The van der Waals surface area contributed by atoms with Crippen LogP contribution in [0.25, 0.3) is 0 Å². The normalized spacial score (nSPS) is 18.6. The molecule has 1 unspecified atom stereocenters. The second-order valence-corrected chi connectivity index (χ2v) is 13.1. The molecule has 0 bridgehead atoms. The molecular formula is C28H43NO2. The Kier molecular flexibility index (Phi) is 6.37. The Hall–Kier alpha value is -2.03. The van der Waals surface area contributed by atoms with E-state index >= 15 is 0 Å². The van der Waals surface area contributed by atoms with Gasteiger partial charge >= 0.3 is 0 Å². The van der Waals surface area contributed by atoms with E-state index in [0.29, 0.717) is 5.69 Å². The van der Waals surface area contributed by atoms with Crippen molar-refractivity contribution in [3.63, 3.8) is 0 Å². The molecule has 2 rings (SSSR count). The third-order valence-corrected chi connectivity index (χ3v) is 5.96. The highest BCUT2D eigenvalue weighted by Gasteiger charge is 2.35. The number of benzene rings is 1. The summed E-state index contributed by atoms with van der Waals surface area (Å²) < 4.78 is 0. The van der Waals surface area contributed by atoms with E-state index in [2.05, 4.69) is 101 Å². The average molecular weight is 426 g/mol. The van der Waals surface area contributed by atoms with Gasteiger partial charge in [0.1, 0.15) is 11.8 Å². The summed E-state index contributed by atoms with van der Waals surface area (Å²) in [5, 5.41) is 14.6. The molecule has 1 aromatic rings. The Morgan fingerprint density at radius 2 is 1.32 bits per heavy atom. The van der Waals surface area contributed by atoms with Crippen LogP contribution < -0.4 is 5.32 Å². The molecule has 0 amide bonds. The van der Waals surface area contributed by atoms with Gasteiger partial charge in [0.05, 0.1) is 5.69 Å². The van der Waals surface area contributed by atoms with Crippen molar-refractivity contribution < 1.29 is 9.90 Å². The first-order valence-electron chi connectivity index (χ1n) is 11.4. The lowest BCUT2D eigenvalue weighted by atomic mass is 9.73. The number of aromatic hydroxyl groups is 1. The van der Waals surface area contributed by atoms with Crippen molar-refractivity contribution in [2.45, 2.75) is 100.0 Å². The second-order valence-electron chi connectivity index (χ2n) is 13.1. The zero-order valence-corrected chi connectivity index (χ0v) is 21.7. The third kappa shape index (κ3) is 5.61. The Morgan fingerprint density at radius 3 is 1.74 bits per heavy atom. The number of rotatable bonds is 2. The molecule has 31 heavy (non-hydrogen) atoms. The highest BCUT2D eigenvalue weighted by molar-refractivity contribution is 6.05. The summed E-state index contributed by atoms with van der Waals surface area (Å²) in [6, 6.07) is 3.58. The van der Waals surface area contributed by atoms with Crippen LogP contribution >= 0.6 is 0 Å². The molecule has 2 N–H and O–H groups in total. The van der Waals surface area contributed by atoms with Crippen LogP contribution in [0, 0.1) is 10.8 Å². The van der Waals surface area contributed by atoms with Crippen molar-refractivity contribution in [3.05, 3.63) is 46.6 Å². The van der Waals surface area contributed by atoms with E-state index in [1.807, 2.05) is 12.1 Å². The van der Waals surface area contributed by atoms with Crippen molar-refractivity contribution in [3.8, 4) is 5.75 Å². The molecule has 0 fully saturated rings. The lowest BCUT2D eigenvalue weighted by Crippen LogP contribution is -2.37. The highest BCUT2D eigenvalue weighted by atomic mass is 16.3. The van der Waals surface area contributed by atoms with Crippen molar-refractivity contribution in [2.75, 3.05) is 5.32 Å². The van der Waals surface area contributed by atoms with Crippen LogP contribution in [-0.4, -0.2) is 16.9 Å². The molecule has 1 aliphatic rings. The van der Waals surface area contributed by atoms with Crippen molar-refractivity contribution in [2.24, 2.45) is 10.8 Å². The summed E-state index contributed by atoms with van der Waals surface area (Å²) >= 11 is 0. The first-order valence-corrected chi connectivity index (χ1v) is 11.4. The molecule has 1 aliphatic carbocycles. The summed E-state index contributed by atoms with van der Waals surface area (Å²) in [6.45, 7) is 25.5. The van der Waals surface area contributed by atoms with E-state index in [1.165, 1.54) is 0 Å². The fourth-order valence-electron chi connectivity index (χ4n) is 3.77. The lowest BCUT2D eigenvalue weighted by molar-refractivity contribution is -0.116. The van der Waals surface area contributed by atoms with Crippen molar-refractivity contribution in [1.82, 2.24) is 0 Å². The van der Waals surface area contributed by atoms with Gasteiger partial charge in [0.2, 0.25) is 0 Å². The summed E-state index contributed by atoms with van der Waals surface area (Å²) in [6.07, 6.45) is 4.09. The molecule has 1 aromatic carbocycles. The van der Waals surface area contributed by atoms with Crippen LogP contribution in [0.1, 0.15) is 94.2 Å². The first-order chi connectivity index (χ1) is 13.7. The lowest BCUT2D eigenvalue weighted by Gasteiger charge is -2.34. The maximum absolute atomic E-state index is 13.5. The quantitative estimate of drug-likeness (QED) is 0.489. The molecule has 0 saturated carbocycles. The molecule has 1 atom stereocenters. The minimum atomic E-state index is -0.512. The molecular weight excluding hydrogens is 382 g/mol. The fraction of sp³-hybridized carbons (Fsp3) is 0.607. The zero-order valence-electron chi connectivity index (χ0n) is 21.7. The topological polar surface area (TPSA) is 49.3 Å². The van der Waals surface area contributed by atoms with Gasteiger partial charge in [0.25, 0.3) is 0 Å². The number of nitrogens with one attached hydrogen (secondary N) is 1. The van der Waals surface area contributed by atoms with Gasteiger partial charge in [-0.3, -0.25) is 4.79 Å². The maximum Gasteiger partial charge on any atom is 0.185 e. The van der Waals surface area contributed by atoms with Gasteiger partial charge in [0, 0.05) is 11.1 Å². The van der Waals surface area contributed by atoms with E-state index in [9.17, 15) is 9.90 Å². The summed E-state index contributed by atoms with van der Waals surface area (Å²) in [4.78, 5) is 13.5. The first kappa shape index (κ1) is 25.2. The van der Waals surface area contributed by atoms with Gasteiger partial charge in [-0.05, 0) is 38.9 Å². The second kappa shape index (κ2) is 7.83. The summed E-state index contributed by atoms with van der Waals surface area (Å²) in [5.41, 5.74) is 3.96. The van der Waals surface area contributed by atoms with E-state index in [-0.39, 0.29) is 33.2 Å². The molecule has 0 saturated heterocycles. The van der Waals surface area contributed by atoms with Gasteiger partial charge in [-0.1, -0.05) is 101 Å². The van der Waals surface area contributed by atoms with Gasteiger partial charge in [-0.2, -0.15) is 0 Å². The van der Waals surface area contributed by atoms with Gasteiger partial charge < -0.3 is 10.4 Å². The van der Waals surface area contributed by atoms with E-state index in [4.69, 9.17) is 0 Å². The van der Waals surface area contributed by atoms with E-state index < -0.39 is 6.04 Å². The number of phenols is 1. The number of anilines is 1. The number of hydrogen-bond acceptors (Lipinski definition) is 3. The summed E-state index contributed by atoms with van der Waals surface area (Å²) in [5.74, 6) is 0.296. The van der Waals surface area contributed by atoms with Crippen molar-refractivity contribution >= 4 is 11.5 Å². The van der Waals surface area contributed by atoms with Crippen LogP contribution in [0.4, 0.5) is 5.69 Å². The molecule has 3 heteroatoms. The van der Waals surface area contributed by atoms with Crippen LogP contribution in [0.3, 0.4) is 0 Å². The molecule has 172 valence electrons. The molecule has 0 heterocycles. The SMILES string of the molecule is CC(C)(C)C1=CC(Nc2cc(C(C)(C)C)cc(C(C)(C)C)c2O)C(=O)C(C(C)(C)C)=C1. The number of ketones is 1. The maximum atomic E-state index is 13.5. The molecule has 0 aliphatic heterocycles. The number of hydrogen-bond donors (Lipinski definition) is 2. The fourth-order valence-corrected chi connectivity index (χ4v) is 3.77. The van der Waals surface area contributed by atoms with Crippen molar-refractivity contribution in [1.29, 1.82) is 0 Å². The van der Waals surface area contributed by atoms with Crippen LogP contribution in [0.15, 0.2) is 35.4 Å². The Labute approximate surface area is 190 Å². The van der Waals surface area contributed by atoms with Gasteiger partial charge in [0.15, 0.2) is 5.78 Å². The minimum absolute atomic E-state index is 0.0679. The Bertz CT molecular complexity index is 920. The Morgan fingerprint density at radius 1 is 0.774 bits per heavy atom. The number of phenolic OH excluding ortho intramolecular Hbond substituents is 1. The van der Waals surface area contributed by atoms with Gasteiger partial charge in [-0.15, -0.1) is 0 Å². The predicted octanol–water partition coefficient (Wildman–Crippen LogP) is 7.30. The van der Waals surface area contributed by atoms with Gasteiger partial charge in [-0.25, -0.2) is 0 Å². The molecule has 0 radical (unpaired) electrons. The molecule has 0 spiro atoms. The largest absolute Gasteiger partial charge is 0.505 e. The number of allylic oxidation sites excluding steroid dienone is 2. The monoisotopic (exact) mass is 425 g/mol. The third-order valence-electron chi connectivity index (χ3n) is 5.96. The van der Waals surface area contributed by atoms with Crippen LogP contribution in [-0.2, 0) is 15.6 Å². The smallest absolute Gasteiger partial charge is 0.185 e. The standard InChI is InChI=1S/C28H43NO2/c1-25(2,3)17-13-19(27(7,8)9)23(30)21(15-17)29-22-16-18(26(4,5)6)14-20(24(22)31)28(10,11)12/h13-16,21,29,31H,1-12H3. The summed E-state index contributed by atoms with van der Waals surface area (Å²) in [7, 11) is 0. The minimum Gasteiger partial charge on any atom is -0.505 e. The zero-order chi connectivity index (χ0) is 24.2. The van der Waals surface area contributed by atoms with Crippen LogP contribution in [0.5, 0.6) is 5.75 Å². The van der Waals surface area contributed by atoms with E-state index in [0.717, 1.165) is 22.3 Å². The predicted molar refractivity (Wildman–Crippen MR) is 133 cm³/mol.